The van der Waals surface area contributed by atoms with Gasteiger partial charge in [-0.15, -0.1) is 0 Å². The Morgan fingerprint density at radius 3 is 1.42 bits per heavy atom. The second-order valence-electron chi connectivity index (χ2n) is 12.2. The highest BCUT2D eigenvalue weighted by Crippen LogP contribution is 2.15. The number of carbonyl (C=O) groups excluding carboxylic acids is 1. The molecule has 0 radical (unpaired) electrons. The van der Waals surface area contributed by atoms with Crippen LogP contribution in [0.25, 0.3) is 0 Å². The zero-order valence-corrected chi connectivity index (χ0v) is 28.3. The van der Waals surface area contributed by atoms with Crippen LogP contribution in [0.4, 0.5) is 0 Å². The minimum atomic E-state index is -0.675. The van der Waals surface area contributed by atoms with Gasteiger partial charge in [-0.25, -0.2) is 0 Å². The van der Waals surface area contributed by atoms with Crippen LogP contribution in [0.1, 0.15) is 181 Å². The number of allylic oxidation sites excluding steroid dienone is 8. The fourth-order valence-corrected chi connectivity index (χ4v) is 5.09. The number of hydrogen-bond donors (Lipinski definition) is 1. The molecule has 0 amide bonds. The second-order valence-corrected chi connectivity index (χ2v) is 12.2. The van der Waals surface area contributed by atoms with Crippen molar-refractivity contribution in [3.8, 4) is 0 Å². The highest BCUT2D eigenvalue weighted by Gasteiger charge is 2.09. The lowest BCUT2D eigenvalue weighted by Gasteiger charge is -2.13. The number of esters is 1. The van der Waals surface area contributed by atoms with Crippen LogP contribution in [0.3, 0.4) is 0 Å². The molecule has 0 aromatic carbocycles. The predicted octanol–water partition coefficient (Wildman–Crippen LogP) is 12.4. The molecule has 0 spiro atoms. The normalized spacial score (nSPS) is 12.8. The molecule has 1 N–H and O–H groups in total. The van der Waals surface area contributed by atoms with E-state index in [4.69, 9.17) is 9.84 Å². The fraction of sp³-hybridized carbons (Fsp3) is 0.744. The molecule has 1 unspecified atom stereocenters. The van der Waals surface area contributed by atoms with E-state index in [0.29, 0.717) is 12.8 Å². The zero-order valence-electron chi connectivity index (χ0n) is 28.3. The van der Waals surface area contributed by atoms with Crippen molar-refractivity contribution in [1.29, 1.82) is 0 Å². The van der Waals surface area contributed by atoms with Crippen LogP contribution in [0.15, 0.2) is 48.6 Å². The molecule has 248 valence electrons. The summed E-state index contributed by atoms with van der Waals surface area (Å²) in [4.78, 5) is 22.6. The largest absolute Gasteiger partial charge is 0.481 e. The van der Waals surface area contributed by atoms with Gasteiger partial charge in [0.1, 0.15) is 0 Å². The van der Waals surface area contributed by atoms with E-state index >= 15 is 0 Å². The minimum absolute atomic E-state index is 0.0339. The molecule has 0 aliphatic rings. The Morgan fingerprint density at radius 1 is 0.535 bits per heavy atom. The molecule has 0 aromatic rings. The molecular weight excluding hydrogens is 532 g/mol. The third-order valence-electron chi connectivity index (χ3n) is 7.79. The Hall–Kier alpha value is -2.10. The van der Waals surface area contributed by atoms with Gasteiger partial charge in [-0.3, -0.25) is 9.59 Å². The molecule has 0 bridgehead atoms. The van der Waals surface area contributed by atoms with E-state index in [0.717, 1.165) is 70.6 Å². The van der Waals surface area contributed by atoms with Gasteiger partial charge in [0.15, 0.2) is 0 Å². The summed E-state index contributed by atoms with van der Waals surface area (Å²) in [5.41, 5.74) is 0. The molecule has 43 heavy (non-hydrogen) atoms. The van der Waals surface area contributed by atoms with Gasteiger partial charge >= 0.3 is 11.9 Å². The van der Waals surface area contributed by atoms with E-state index in [1.165, 1.54) is 83.5 Å². The SMILES string of the molecule is CCCCC/C=C\C/C=C\C/C=C\C/C=C\CCCCCC(=O)OC(C)CCCCCCCCCCCCCCC(=O)O. The second kappa shape index (κ2) is 34.4. The summed E-state index contributed by atoms with van der Waals surface area (Å²) in [5.74, 6) is -0.710. The van der Waals surface area contributed by atoms with E-state index in [1.807, 2.05) is 6.92 Å². The molecule has 0 aliphatic carbocycles. The molecule has 0 rings (SSSR count). The third-order valence-corrected chi connectivity index (χ3v) is 7.79. The minimum Gasteiger partial charge on any atom is -0.481 e. The molecule has 4 nitrogen and oxygen atoms in total. The van der Waals surface area contributed by atoms with Crippen LogP contribution in [0.5, 0.6) is 0 Å². The first-order chi connectivity index (χ1) is 21.1. The number of ether oxygens (including phenoxy) is 1. The Kier molecular flexibility index (Phi) is 32.7. The fourth-order valence-electron chi connectivity index (χ4n) is 5.09. The highest BCUT2D eigenvalue weighted by atomic mass is 16.5. The van der Waals surface area contributed by atoms with Gasteiger partial charge in [-0.2, -0.15) is 0 Å². The molecule has 4 heteroatoms. The van der Waals surface area contributed by atoms with Gasteiger partial charge in [0, 0.05) is 12.8 Å². The maximum atomic E-state index is 12.1. The first kappa shape index (κ1) is 40.9. The number of carboxylic acids is 1. The quantitative estimate of drug-likeness (QED) is 0.0474. The number of rotatable bonds is 32. The van der Waals surface area contributed by atoms with Crippen molar-refractivity contribution in [2.24, 2.45) is 0 Å². The maximum Gasteiger partial charge on any atom is 0.306 e. The molecule has 0 heterocycles. The van der Waals surface area contributed by atoms with Crippen LogP contribution in [-0.2, 0) is 14.3 Å². The van der Waals surface area contributed by atoms with Crippen LogP contribution in [0.2, 0.25) is 0 Å². The van der Waals surface area contributed by atoms with Gasteiger partial charge in [0.25, 0.3) is 0 Å². The van der Waals surface area contributed by atoms with Crippen molar-refractivity contribution in [2.75, 3.05) is 0 Å². The Labute approximate surface area is 266 Å². The van der Waals surface area contributed by atoms with Gasteiger partial charge in [-0.05, 0) is 77.6 Å². The van der Waals surface area contributed by atoms with Crippen LogP contribution < -0.4 is 0 Å². The number of carbonyl (C=O) groups is 2. The standard InChI is InChI=1S/C39H68O4/c1-3-4-5-6-7-8-9-10-11-12-13-14-15-16-21-24-27-30-33-36-39(42)43-37(2)34-31-28-25-22-19-17-18-20-23-26-29-32-35-38(40)41/h7-8,10-11,13-14,16,21,37H,3-6,9,12,15,17-20,22-36H2,1-2H3,(H,40,41)/b8-7-,11-10-,14-13-,21-16-. The van der Waals surface area contributed by atoms with Gasteiger partial charge in [0.05, 0.1) is 6.10 Å². The average Bonchev–Trinajstić information content (AvgIpc) is 2.98. The van der Waals surface area contributed by atoms with Crippen molar-refractivity contribution in [3.63, 3.8) is 0 Å². The van der Waals surface area contributed by atoms with Crippen LogP contribution in [-0.4, -0.2) is 23.1 Å². The zero-order chi connectivity index (χ0) is 31.5. The van der Waals surface area contributed by atoms with Crippen molar-refractivity contribution in [1.82, 2.24) is 0 Å². The van der Waals surface area contributed by atoms with Gasteiger partial charge in [-0.1, -0.05) is 139 Å². The smallest absolute Gasteiger partial charge is 0.306 e. The van der Waals surface area contributed by atoms with E-state index in [1.54, 1.807) is 0 Å². The van der Waals surface area contributed by atoms with Crippen molar-refractivity contribution in [2.45, 2.75) is 187 Å². The van der Waals surface area contributed by atoms with E-state index in [-0.39, 0.29) is 12.1 Å². The molecule has 0 aliphatic heterocycles. The maximum absolute atomic E-state index is 12.1. The molecule has 1 atom stereocenters. The molecule has 0 fully saturated rings. The summed E-state index contributed by atoms with van der Waals surface area (Å²) in [6.45, 7) is 4.28. The monoisotopic (exact) mass is 601 g/mol. The number of hydrogen-bond acceptors (Lipinski definition) is 3. The molecule has 0 saturated carbocycles. The third kappa shape index (κ3) is 36.0. The Morgan fingerprint density at radius 2 is 0.930 bits per heavy atom. The summed E-state index contributed by atoms with van der Waals surface area (Å²) >= 11 is 0. The lowest BCUT2D eigenvalue weighted by molar-refractivity contribution is -0.148. The Balaban J connectivity index is 3.45. The summed E-state index contributed by atoms with van der Waals surface area (Å²) in [6.07, 6.45) is 46.7. The van der Waals surface area contributed by atoms with Gasteiger partial charge in [0.2, 0.25) is 0 Å². The average molecular weight is 601 g/mol. The van der Waals surface area contributed by atoms with E-state index in [9.17, 15) is 9.59 Å². The number of unbranched alkanes of at least 4 members (excludes halogenated alkanes) is 17. The number of carboxylic acid groups (broad SMARTS) is 1. The van der Waals surface area contributed by atoms with Crippen molar-refractivity contribution < 1.29 is 19.4 Å². The topological polar surface area (TPSA) is 63.6 Å². The van der Waals surface area contributed by atoms with Crippen molar-refractivity contribution >= 4 is 11.9 Å². The lowest BCUT2D eigenvalue weighted by atomic mass is 10.0. The first-order valence-corrected chi connectivity index (χ1v) is 18.1. The lowest BCUT2D eigenvalue weighted by Crippen LogP contribution is -2.14. The summed E-state index contributed by atoms with van der Waals surface area (Å²) in [7, 11) is 0. The first-order valence-electron chi connectivity index (χ1n) is 18.1. The van der Waals surface area contributed by atoms with Crippen LogP contribution >= 0.6 is 0 Å². The Bertz CT molecular complexity index is 734. The molecule has 0 aromatic heterocycles. The van der Waals surface area contributed by atoms with Crippen molar-refractivity contribution in [3.05, 3.63) is 48.6 Å². The molecule has 0 saturated heterocycles. The molecular formula is C39H68O4. The summed E-state index contributed by atoms with van der Waals surface area (Å²) in [5, 5.41) is 8.64. The predicted molar refractivity (Wildman–Crippen MR) is 185 cm³/mol. The van der Waals surface area contributed by atoms with E-state index < -0.39 is 5.97 Å². The summed E-state index contributed by atoms with van der Waals surface area (Å²) in [6, 6.07) is 0. The highest BCUT2D eigenvalue weighted by molar-refractivity contribution is 5.69. The van der Waals surface area contributed by atoms with E-state index in [2.05, 4.69) is 55.5 Å². The van der Waals surface area contributed by atoms with Gasteiger partial charge < -0.3 is 9.84 Å². The van der Waals surface area contributed by atoms with Crippen LogP contribution in [0, 0.1) is 0 Å². The summed E-state index contributed by atoms with van der Waals surface area (Å²) < 4.78 is 5.61. The number of aliphatic carboxylic acids is 1.